The Bertz CT molecular complexity index is 954. The number of ether oxygens (including phenoxy) is 1. The van der Waals surface area contributed by atoms with Crippen LogP contribution in [0.3, 0.4) is 0 Å². The van der Waals surface area contributed by atoms with E-state index in [0.29, 0.717) is 5.92 Å². The minimum absolute atomic E-state index is 0.0503. The highest BCUT2D eigenvalue weighted by atomic mass is 16.5. The lowest BCUT2D eigenvalue weighted by molar-refractivity contribution is 0.0697. The van der Waals surface area contributed by atoms with Crippen LogP contribution in [0.5, 0.6) is 5.75 Å². The summed E-state index contributed by atoms with van der Waals surface area (Å²) in [4.78, 5) is 11.1. The van der Waals surface area contributed by atoms with Gasteiger partial charge >= 0.3 is 5.97 Å². The average molecular weight is 379 g/mol. The molecule has 1 unspecified atom stereocenters. The molecule has 1 aromatic heterocycles. The Kier molecular flexibility index (Phi) is 5.24. The molecular formula is C23H25NO4. The van der Waals surface area contributed by atoms with Crippen LogP contribution in [0.25, 0.3) is 11.0 Å². The molecule has 0 amide bonds. The van der Waals surface area contributed by atoms with Crippen molar-refractivity contribution in [2.24, 2.45) is 5.92 Å². The van der Waals surface area contributed by atoms with Crippen LogP contribution < -0.4 is 10.1 Å². The predicted molar refractivity (Wildman–Crippen MR) is 109 cm³/mol. The number of anilines is 1. The molecule has 1 fully saturated rings. The maximum Gasteiger partial charge on any atom is 0.335 e. The molecule has 5 nitrogen and oxygen atoms in total. The normalized spacial score (nSPS) is 16.0. The van der Waals surface area contributed by atoms with Gasteiger partial charge in [-0.15, -0.1) is 0 Å². The smallest absolute Gasteiger partial charge is 0.335 e. The Morgan fingerprint density at radius 3 is 2.54 bits per heavy atom. The molecule has 146 valence electrons. The van der Waals surface area contributed by atoms with Gasteiger partial charge in [0, 0.05) is 17.1 Å². The maximum absolute atomic E-state index is 11.1. The van der Waals surface area contributed by atoms with Gasteiger partial charge in [0.05, 0.1) is 18.7 Å². The first-order valence-electron chi connectivity index (χ1n) is 9.81. The Labute approximate surface area is 164 Å². The van der Waals surface area contributed by atoms with Crippen LogP contribution >= 0.6 is 0 Å². The molecule has 1 saturated carbocycles. The first-order valence-corrected chi connectivity index (χ1v) is 9.81. The lowest BCUT2D eigenvalue weighted by Crippen LogP contribution is -2.22. The van der Waals surface area contributed by atoms with Gasteiger partial charge < -0.3 is 19.6 Å². The summed E-state index contributed by atoms with van der Waals surface area (Å²) in [6.07, 6.45) is 6.06. The van der Waals surface area contributed by atoms with Crippen molar-refractivity contribution in [3.05, 3.63) is 59.9 Å². The van der Waals surface area contributed by atoms with E-state index in [-0.39, 0.29) is 11.6 Å². The van der Waals surface area contributed by atoms with Gasteiger partial charge in [-0.25, -0.2) is 4.79 Å². The number of aromatic carboxylic acids is 1. The molecule has 5 heteroatoms. The van der Waals surface area contributed by atoms with Crippen LogP contribution in [0, 0.1) is 5.92 Å². The van der Waals surface area contributed by atoms with Crippen LogP contribution in [-0.4, -0.2) is 18.2 Å². The lowest BCUT2D eigenvalue weighted by Gasteiger charge is -2.30. The van der Waals surface area contributed by atoms with Gasteiger partial charge in [-0.1, -0.05) is 19.3 Å². The minimum Gasteiger partial charge on any atom is -0.497 e. The van der Waals surface area contributed by atoms with Gasteiger partial charge in [0.25, 0.3) is 0 Å². The van der Waals surface area contributed by atoms with Crippen LogP contribution in [0.2, 0.25) is 0 Å². The Hall–Kier alpha value is -2.95. The van der Waals surface area contributed by atoms with E-state index < -0.39 is 5.97 Å². The zero-order chi connectivity index (χ0) is 19.5. The Morgan fingerprint density at radius 2 is 1.86 bits per heavy atom. The predicted octanol–water partition coefficient (Wildman–Crippen LogP) is 5.87. The number of hydrogen-bond donors (Lipinski definition) is 2. The molecule has 4 rings (SSSR count). The number of nitrogens with one attached hydrogen (secondary N) is 1. The summed E-state index contributed by atoms with van der Waals surface area (Å²) in [7, 11) is 1.65. The maximum atomic E-state index is 11.1. The third-order valence-electron chi connectivity index (χ3n) is 5.63. The summed E-state index contributed by atoms with van der Waals surface area (Å²) in [5.74, 6) is 1.26. The number of carboxylic acids is 1. The van der Waals surface area contributed by atoms with E-state index in [4.69, 9.17) is 14.3 Å². The van der Waals surface area contributed by atoms with Gasteiger partial charge in [-0.05, 0) is 61.2 Å². The molecule has 0 saturated heterocycles. The Morgan fingerprint density at radius 1 is 1.11 bits per heavy atom. The number of fused-ring (bicyclic) bond motifs is 1. The number of benzene rings is 2. The van der Waals surface area contributed by atoms with E-state index in [2.05, 4.69) is 11.4 Å². The highest BCUT2D eigenvalue weighted by molar-refractivity contribution is 5.88. The van der Waals surface area contributed by atoms with Crippen molar-refractivity contribution >= 4 is 22.6 Å². The van der Waals surface area contributed by atoms with E-state index in [1.807, 2.05) is 30.3 Å². The summed E-state index contributed by atoms with van der Waals surface area (Å²) in [6, 6.07) is 14.9. The largest absolute Gasteiger partial charge is 0.497 e. The molecule has 0 spiro atoms. The van der Waals surface area contributed by atoms with Crippen molar-refractivity contribution in [1.29, 1.82) is 0 Å². The molecule has 1 heterocycles. The van der Waals surface area contributed by atoms with Crippen molar-refractivity contribution in [3.63, 3.8) is 0 Å². The second-order valence-corrected chi connectivity index (χ2v) is 7.46. The molecule has 3 aromatic rings. The topological polar surface area (TPSA) is 71.7 Å². The average Bonchev–Trinajstić information content (AvgIpc) is 3.15. The zero-order valence-corrected chi connectivity index (χ0v) is 16.0. The summed E-state index contributed by atoms with van der Waals surface area (Å²) >= 11 is 0. The van der Waals surface area contributed by atoms with E-state index in [1.54, 1.807) is 19.2 Å². The van der Waals surface area contributed by atoms with Crippen LogP contribution in [0.15, 0.2) is 52.9 Å². The third-order valence-corrected chi connectivity index (χ3v) is 5.63. The van der Waals surface area contributed by atoms with Crippen molar-refractivity contribution in [3.8, 4) is 5.75 Å². The van der Waals surface area contributed by atoms with E-state index in [1.165, 1.54) is 19.3 Å². The first kappa shape index (κ1) is 18.4. The van der Waals surface area contributed by atoms with E-state index in [0.717, 1.165) is 41.0 Å². The lowest BCUT2D eigenvalue weighted by atomic mass is 9.82. The molecule has 2 aromatic carbocycles. The fourth-order valence-electron chi connectivity index (χ4n) is 4.09. The van der Waals surface area contributed by atoms with Crippen LogP contribution in [0.1, 0.15) is 54.3 Å². The van der Waals surface area contributed by atoms with Gasteiger partial charge in [0.15, 0.2) is 0 Å². The molecule has 1 aliphatic rings. The van der Waals surface area contributed by atoms with Gasteiger partial charge in [0.1, 0.15) is 17.1 Å². The zero-order valence-electron chi connectivity index (χ0n) is 16.0. The fourth-order valence-corrected chi connectivity index (χ4v) is 4.09. The monoisotopic (exact) mass is 379 g/mol. The molecule has 0 bridgehead atoms. The number of carbonyl (C=O) groups is 1. The summed E-state index contributed by atoms with van der Waals surface area (Å²) in [6.45, 7) is 0. The number of rotatable bonds is 6. The van der Waals surface area contributed by atoms with E-state index in [9.17, 15) is 4.79 Å². The molecule has 28 heavy (non-hydrogen) atoms. The van der Waals surface area contributed by atoms with Gasteiger partial charge in [0.2, 0.25) is 0 Å². The SMILES string of the molecule is COc1ccc2cc(C(Nc3ccc(C(=O)O)cc3)C3CCCCC3)oc2c1. The highest BCUT2D eigenvalue weighted by Crippen LogP contribution is 2.39. The molecule has 0 aliphatic heterocycles. The fraction of sp³-hybridized carbons (Fsp3) is 0.348. The summed E-state index contributed by atoms with van der Waals surface area (Å²) < 4.78 is 11.5. The van der Waals surface area contributed by atoms with Crippen LogP contribution in [-0.2, 0) is 0 Å². The minimum atomic E-state index is -0.915. The third kappa shape index (κ3) is 3.84. The van der Waals surface area contributed by atoms with Crippen LogP contribution in [0.4, 0.5) is 5.69 Å². The summed E-state index contributed by atoms with van der Waals surface area (Å²) in [5, 5.41) is 13.8. The second-order valence-electron chi connectivity index (χ2n) is 7.46. The summed E-state index contributed by atoms with van der Waals surface area (Å²) in [5.41, 5.74) is 2.01. The quantitative estimate of drug-likeness (QED) is 0.560. The number of furan rings is 1. The Balaban J connectivity index is 1.65. The van der Waals surface area contributed by atoms with Crippen molar-refractivity contribution in [2.45, 2.75) is 38.1 Å². The first-order chi connectivity index (χ1) is 13.6. The number of methoxy groups -OCH3 is 1. The molecule has 1 aliphatic carbocycles. The van der Waals surface area contributed by atoms with Crippen molar-refractivity contribution < 1.29 is 19.1 Å². The van der Waals surface area contributed by atoms with Crippen molar-refractivity contribution in [1.82, 2.24) is 0 Å². The van der Waals surface area contributed by atoms with Gasteiger partial charge in [-0.3, -0.25) is 0 Å². The number of hydrogen-bond acceptors (Lipinski definition) is 4. The second kappa shape index (κ2) is 7.97. The van der Waals surface area contributed by atoms with Gasteiger partial charge in [-0.2, -0.15) is 0 Å². The molecule has 0 radical (unpaired) electrons. The molecular weight excluding hydrogens is 354 g/mol. The highest BCUT2D eigenvalue weighted by Gasteiger charge is 2.28. The number of carboxylic acid groups (broad SMARTS) is 1. The van der Waals surface area contributed by atoms with E-state index >= 15 is 0 Å². The standard InChI is InChI=1S/C23H25NO4/c1-27-19-12-9-17-13-21(28-20(17)14-19)22(15-5-3-2-4-6-15)24-18-10-7-16(8-11-18)23(25)26/h7-15,22,24H,2-6H2,1H3,(H,25,26). The molecule has 2 N–H and O–H groups in total. The molecule has 1 atom stereocenters. The van der Waals surface area contributed by atoms with Crippen molar-refractivity contribution in [2.75, 3.05) is 12.4 Å².